The van der Waals surface area contributed by atoms with Crippen molar-refractivity contribution in [3.63, 3.8) is 0 Å². The summed E-state index contributed by atoms with van der Waals surface area (Å²) < 4.78 is 4.75. The fourth-order valence-corrected chi connectivity index (χ4v) is 0.987. The summed E-state index contributed by atoms with van der Waals surface area (Å²) in [6.45, 7) is 5.59. The van der Waals surface area contributed by atoms with Crippen LogP contribution in [0.3, 0.4) is 0 Å². The summed E-state index contributed by atoms with van der Waals surface area (Å²) >= 11 is 0. The van der Waals surface area contributed by atoms with Gasteiger partial charge in [-0.3, -0.25) is 0 Å². The summed E-state index contributed by atoms with van der Waals surface area (Å²) in [5.41, 5.74) is 0. The predicted octanol–water partition coefficient (Wildman–Crippen LogP) is 0.537. The molecule has 0 aromatic heterocycles. The van der Waals surface area contributed by atoms with Gasteiger partial charge in [0.15, 0.2) is 0 Å². The van der Waals surface area contributed by atoms with Gasteiger partial charge in [-0.1, -0.05) is 12.7 Å². The Bertz CT molecular complexity index is 181. The van der Waals surface area contributed by atoms with Crippen molar-refractivity contribution < 1.29 is 14.6 Å². The van der Waals surface area contributed by atoms with Crippen LogP contribution in [0.5, 0.6) is 0 Å². The largest absolute Gasteiger partial charge is 0.445 e. The highest BCUT2D eigenvalue weighted by atomic mass is 16.6. The molecule has 1 aliphatic rings. The number of aliphatic hydroxyl groups excluding tert-OH is 1. The maximum atomic E-state index is 11.1. The van der Waals surface area contributed by atoms with Crippen LogP contribution in [-0.4, -0.2) is 35.4 Å². The zero-order chi connectivity index (χ0) is 8.97. The second-order valence-corrected chi connectivity index (χ2v) is 2.59. The summed E-state index contributed by atoms with van der Waals surface area (Å²) in [7, 11) is 0. The number of carbonyl (C=O) groups is 1. The van der Waals surface area contributed by atoms with E-state index < -0.39 is 12.2 Å². The Hall–Kier alpha value is -1.03. The van der Waals surface area contributed by atoms with Gasteiger partial charge in [0.1, 0.15) is 6.61 Å². The molecule has 1 unspecified atom stereocenters. The van der Waals surface area contributed by atoms with Gasteiger partial charge in [-0.05, 0) is 6.42 Å². The second kappa shape index (κ2) is 4.11. The van der Waals surface area contributed by atoms with Gasteiger partial charge in [0.25, 0.3) is 0 Å². The van der Waals surface area contributed by atoms with Crippen LogP contribution in [-0.2, 0) is 4.74 Å². The molecule has 0 aromatic carbocycles. The molecule has 12 heavy (non-hydrogen) atoms. The van der Waals surface area contributed by atoms with Crippen LogP contribution in [0.1, 0.15) is 6.42 Å². The molecule has 1 rings (SSSR count). The molecule has 4 nitrogen and oxygen atoms in total. The highest BCUT2D eigenvalue weighted by Gasteiger charge is 2.25. The van der Waals surface area contributed by atoms with Crippen molar-refractivity contribution in [1.82, 2.24) is 4.90 Å². The van der Waals surface area contributed by atoms with Crippen LogP contribution in [0.15, 0.2) is 12.7 Å². The Morgan fingerprint density at radius 1 is 1.92 bits per heavy atom. The minimum absolute atomic E-state index is 0.208. The number of nitrogens with zero attached hydrogens (tertiary/aromatic N) is 1. The number of amides is 1. The molecule has 4 heteroatoms. The molecule has 1 amide bonds. The van der Waals surface area contributed by atoms with Crippen molar-refractivity contribution in [1.29, 1.82) is 0 Å². The first kappa shape index (κ1) is 9.06. The lowest BCUT2D eigenvalue weighted by molar-refractivity contribution is 0.116. The van der Waals surface area contributed by atoms with Gasteiger partial charge in [0, 0.05) is 0 Å². The Morgan fingerprint density at radius 2 is 2.67 bits per heavy atom. The van der Waals surface area contributed by atoms with Gasteiger partial charge < -0.3 is 14.7 Å². The molecule has 1 radical (unpaired) electrons. The molecule has 0 aliphatic carbocycles. The maximum Gasteiger partial charge on any atom is 0.410 e. The summed E-state index contributed by atoms with van der Waals surface area (Å²) in [4.78, 5) is 12.4. The van der Waals surface area contributed by atoms with Gasteiger partial charge in [-0.25, -0.2) is 4.79 Å². The van der Waals surface area contributed by atoms with Crippen LogP contribution in [0.2, 0.25) is 0 Å². The van der Waals surface area contributed by atoms with Crippen LogP contribution < -0.4 is 0 Å². The summed E-state index contributed by atoms with van der Waals surface area (Å²) in [6, 6.07) is 0. The van der Waals surface area contributed by atoms with Crippen molar-refractivity contribution in [2.75, 3.05) is 13.2 Å². The van der Waals surface area contributed by atoms with E-state index in [-0.39, 0.29) is 6.61 Å². The quantitative estimate of drug-likeness (QED) is 0.615. The third kappa shape index (κ3) is 2.23. The van der Waals surface area contributed by atoms with Gasteiger partial charge in [0.05, 0.1) is 19.2 Å². The predicted molar refractivity (Wildman–Crippen MR) is 43.2 cm³/mol. The molecule has 1 aliphatic heterocycles. The van der Waals surface area contributed by atoms with E-state index in [1.165, 1.54) is 11.0 Å². The molecule has 1 fully saturated rings. The number of likely N-dealkylation sites (tertiary alicyclic amines) is 1. The average Bonchev–Trinajstić information content (AvgIpc) is 2.47. The monoisotopic (exact) mass is 170 g/mol. The number of rotatable bonds is 2. The van der Waals surface area contributed by atoms with E-state index >= 15 is 0 Å². The lowest BCUT2D eigenvalue weighted by Gasteiger charge is -2.13. The molecule has 1 saturated heterocycles. The van der Waals surface area contributed by atoms with Crippen LogP contribution in [0, 0.1) is 6.54 Å². The van der Waals surface area contributed by atoms with E-state index in [4.69, 9.17) is 9.84 Å². The number of hydrogen-bond acceptors (Lipinski definition) is 3. The van der Waals surface area contributed by atoms with Gasteiger partial charge in [0.2, 0.25) is 0 Å². The van der Waals surface area contributed by atoms with Gasteiger partial charge in [-0.15, -0.1) is 0 Å². The Labute approximate surface area is 71.4 Å². The summed E-state index contributed by atoms with van der Waals surface area (Å²) in [5.74, 6) is 0. The molecule has 1 N–H and O–H groups in total. The molecule has 1 atom stereocenters. The number of ether oxygens (including phenoxy) is 1. The summed E-state index contributed by atoms with van der Waals surface area (Å²) in [5, 5.41) is 9.07. The number of aliphatic hydroxyl groups is 1. The lowest BCUT2D eigenvalue weighted by atomic mass is 10.3. The van der Waals surface area contributed by atoms with Crippen LogP contribution in [0.25, 0.3) is 0 Å². The molecule has 1 heterocycles. The lowest BCUT2D eigenvalue weighted by Crippen LogP contribution is -2.28. The van der Waals surface area contributed by atoms with Crippen molar-refractivity contribution >= 4 is 6.09 Å². The standard InChI is InChI=1S/C8H12NO3/c1-2-5-12-8(11)9-4-3-7(10)6-9/h2,4,7,10H,1,3,5-6H2. The number of β-amino-alcohol motifs (C(OH)–C–C–N with tert-alkyl or cyclic N) is 1. The first-order valence-electron chi connectivity index (χ1n) is 3.79. The Kier molecular flexibility index (Phi) is 3.10. The molecule has 0 bridgehead atoms. The Balaban J connectivity index is 2.28. The van der Waals surface area contributed by atoms with E-state index in [1.54, 1.807) is 6.54 Å². The minimum Gasteiger partial charge on any atom is -0.445 e. The first-order chi connectivity index (χ1) is 5.74. The molecule has 0 saturated carbocycles. The van der Waals surface area contributed by atoms with Crippen molar-refractivity contribution in [2.45, 2.75) is 12.5 Å². The third-order valence-electron chi connectivity index (χ3n) is 1.56. The second-order valence-electron chi connectivity index (χ2n) is 2.59. The molecule has 67 valence electrons. The highest BCUT2D eigenvalue weighted by Crippen LogP contribution is 2.13. The maximum absolute atomic E-state index is 11.1. The number of carbonyl (C=O) groups excluding carboxylic acids is 1. The highest BCUT2D eigenvalue weighted by molar-refractivity contribution is 5.69. The fraction of sp³-hybridized carbons (Fsp3) is 0.500. The minimum atomic E-state index is -0.443. The average molecular weight is 170 g/mol. The van der Waals surface area contributed by atoms with Crippen LogP contribution in [0.4, 0.5) is 4.79 Å². The SMILES string of the molecule is C=CCOC(=O)N1[CH]CC(O)C1. The van der Waals surface area contributed by atoms with Crippen molar-refractivity contribution in [3.8, 4) is 0 Å². The normalized spacial score (nSPS) is 22.4. The van der Waals surface area contributed by atoms with E-state index in [1.807, 2.05) is 0 Å². The fourth-order valence-electron chi connectivity index (χ4n) is 0.987. The van der Waals surface area contributed by atoms with Crippen molar-refractivity contribution in [2.24, 2.45) is 0 Å². The molecular formula is C8H12NO3. The molecule has 0 aromatic rings. The summed E-state index contributed by atoms with van der Waals surface area (Å²) in [6.07, 6.45) is 1.15. The van der Waals surface area contributed by atoms with E-state index in [0.717, 1.165) is 0 Å². The molecule has 0 spiro atoms. The van der Waals surface area contributed by atoms with E-state index in [0.29, 0.717) is 13.0 Å². The Morgan fingerprint density at radius 3 is 3.17 bits per heavy atom. The van der Waals surface area contributed by atoms with Crippen LogP contribution >= 0.6 is 0 Å². The van der Waals surface area contributed by atoms with Gasteiger partial charge >= 0.3 is 6.09 Å². The van der Waals surface area contributed by atoms with Gasteiger partial charge in [-0.2, -0.15) is 0 Å². The molecular weight excluding hydrogens is 158 g/mol. The number of hydrogen-bond donors (Lipinski definition) is 1. The first-order valence-corrected chi connectivity index (χ1v) is 3.79. The van der Waals surface area contributed by atoms with Crippen molar-refractivity contribution in [3.05, 3.63) is 19.2 Å². The third-order valence-corrected chi connectivity index (χ3v) is 1.56. The zero-order valence-corrected chi connectivity index (χ0v) is 6.77. The van der Waals surface area contributed by atoms with E-state index in [9.17, 15) is 4.79 Å². The topological polar surface area (TPSA) is 49.8 Å². The smallest absolute Gasteiger partial charge is 0.410 e. The zero-order valence-electron chi connectivity index (χ0n) is 6.77. The van der Waals surface area contributed by atoms with E-state index in [2.05, 4.69) is 6.58 Å².